The minimum absolute atomic E-state index is 0.0690. The van der Waals surface area contributed by atoms with E-state index in [1.54, 1.807) is 0 Å². The molecular weight excluding hydrogens is 255 g/mol. The second-order valence-corrected chi connectivity index (χ2v) is 4.69. The van der Waals surface area contributed by atoms with Gasteiger partial charge in [0.2, 0.25) is 0 Å². The predicted octanol–water partition coefficient (Wildman–Crippen LogP) is 1.42. The minimum atomic E-state index is -0.587. The topological polar surface area (TPSA) is 66.6 Å². The Kier molecular flexibility index (Phi) is 3.47. The van der Waals surface area contributed by atoms with Crippen LogP contribution in [0.15, 0.2) is 18.2 Å². The maximum atomic E-state index is 12.9. The summed E-state index contributed by atoms with van der Waals surface area (Å²) in [5.41, 5.74) is 5.65. The lowest BCUT2D eigenvalue weighted by atomic mass is 10.1. The first-order valence-electron chi connectivity index (χ1n) is 5.59. The van der Waals surface area contributed by atoms with Crippen LogP contribution in [0.25, 0.3) is 0 Å². The van der Waals surface area contributed by atoms with Gasteiger partial charge in [-0.3, -0.25) is 4.79 Å². The Labute approximate surface area is 109 Å². The van der Waals surface area contributed by atoms with Crippen LogP contribution < -0.4 is 5.73 Å². The third kappa shape index (κ3) is 2.28. The summed E-state index contributed by atoms with van der Waals surface area (Å²) in [6.45, 7) is 0.539. The van der Waals surface area contributed by atoms with Crippen molar-refractivity contribution in [1.82, 2.24) is 4.90 Å². The maximum Gasteiger partial charge on any atom is 0.258 e. The van der Waals surface area contributed by atoms with Crippen molar-refractivity contribution in [1.29, 1.82) is 0 Å². The lowest BCUT2D eigenvalue weighted by Crippen LogP contribution is -2.42. The summed E-state index contributed by atoms with van der Waals surface area (Å²) in [7, 11) is 0. The van der Waals surface area contributed by atoms with Gasteiger partial charge in [0.25, 0.3) is 5.91 Å². The highest BCUT2D eigenvalue weighted by Crippen LogP contribution is 2.25. The van der Waals surface area contributed by atoms with Crippen LogP contribution in [0.4, 0.5) is 4.39 Å². The van der Waals surface area contributed by atoms with E-state index in [0.717, 1.165) is 25.0 Å². The number of nitrogens with two attached hydrogens (primary N) is 1. The Bertz CT molecular complexity index is 507. The van der Waals surface area contributed by atoms with Crippen molar-refractivity contribution in [3.05, 3.63) is 29.6 Å². The van der Waals surface area contributed by atoms with Crippen LogP contribution in [0.3, 0.4) is 0 Å². The molecule has 1 aromatic rings. The van der Waals surface area contributed by atoms with Gasteiger partial charge in [0.15, 0.2) is 0 Å². The standard InChI is InChI=1S/C12H13FN2O2S/c13-7-3-4-8(10(16)6-7)12(17)15-5-1-2-9(15)11(14)18/h3-4,6,9,16H,1-2,5H2,(H2,14,18). The van der Waals surface area contributed by atoms with E-state index in [-0.39, 0.29) is 28.3 Å². The smallest absolute Gasteiger partial charge is 0.258 e. The van der Waals surface area contributed by atoms with Crippen molar-refractivity contribution < 1.29 is 14.3 Å². The number of phenols is 1. The van der Waals surface area contributed by atoms with Gasteiger partial charge in [-0.2, -0.15) is 0 Å². The highest BCUT2D eigenvalue weighted by molar-refractivity contribution is 7.80. The Morgan fingerprint density at radius 2 is 2.28 bits per heavy atom. The molecule has 6 heteroatoms. The zero-order valence-corrected chi connectivity index (χ0v) is 10.4. The molecule has 18 heavy (non-hydrogen) atoms. The molecule has 0 spiro atoms. The summed E-state index contributed by atoms with van der Waals surface area (Å²) in [5.74, 6) is -1.33. The van der Waals surface area contributed by atoms with Crippen LogP contribution in [0.2, 0.25) is 0 Å². The van der Waals surface area contributed by atoms with E-state index in [9.17, 15) is 14.3 Å². The number of thiocarbonyl (C=S) groups is 1. The van der Waals surface area contributed by atoms with Crippen LogP contribution in [0.5, 0.6) is 5.75 Å². The third-order valence-corrected chi connectivity index (χ3v) is 3.30. The molecule has 1 atom stereocenters. The molecule has 0 aliphatic carbocycles. The van der Waals surface area contributed by atoms with Crippen molar-refractivity contribution >= 4 is 23.1 Å². The average Bonchev–Trinajstić information content (AvgIpc) is 2.77. The number of hydrogen-bond acceptors (Lipinski definition) is 3. The van der Waals surface area contributed by atoms with E-state index < -0.39 is 5.82 Å². The minimum Gasteiger partial charge on any atom is -0.507 e. The van der Waals surface area contributed by atoms with Gasteiger partial charge in [-0.25, -0.2) is 4.39 Å². The highest BCUT2D eigenvalue weighted by Gasteiger charge is 2.32. The molecule has 2 rings (SSSR count). The molecule has 4 nitrogen and oxygen atoms in total. The number of amides is 1. The summed E-state index contributed by atoms with van der Waals surface area (Å²) in [6.07, 6.45) is 1.54. The number of likely N-dealkylation sites (tertiary alicyclic amines) is 1. The van der Waals surface area contributed by atoms with E-state index in [1.165, 1.54) is 11.0 Å². The zero-order chi connectivity index (χ0) is 13.3. The molecule has 3 N–H and O–H groups in total. The first kappa shape index (κ1) is 12.8. The highest BCUT2D eigenvalue weighted by atomic mass is 32.1. The molecule has 1 aromatic carbocycles. The van der Waals surface area contributed by atoms with Crippen LogP contribution in [0, 0.1) is 5.82 Å². The number of rotatable bonds is 2. The third-order valence-electron chi connectivity index (χ3n) is 3.03. The fraction of sp³-hybridized carbons (Fsp3) is 0.333. The number of carbonyl (C=O) groups excluding carboxylic acids is 1. The van der Waals surface area contributed by atoms with Crippen molar-refractivity contribution in [2.24, 2.45) is 5.73 Å². The number of nitrogens with zero attached hydrogens (tertiary/aromatic N) is 1. The van der Waals surface area contributed by atoms with E-state index in [1.807, 2.05) is 0 Å². The lowest BCUT2D eigenvalue weighted by molar-refractivity contribution is 0.0767. The SMILES string of the molecule is NC(=S)C1CCCN1C(=O)c1ccc(F)cc1O. The second kappa shape index (κ2) is 4.89. The van der Waals surface area contributed by atoms with Crippen molar-refractivity contribution in [3.8, 4) is 5.75 Å². The van der Waals surface area contributed by atoms with Crippen LogP contribution in [-0.4, -0.2) is 33.5 Å². The van der Waals surface area contributed by atoms with Crippen molar-refractivity contribution in [2.45, 2.75) is 18.9 Å². The van der Waals surface area contributed by atoms with Gasteiger partial charge in [-0.15, -0.1) is 0 Å². The van der Waals surface area contributed by atoms with Gasteiger partial charge < -0.3 is 15.7 Å². The molecule has 1 heterocycles. The summed E-state index contributed by atoms with van der Waals surface area (Å²) in [4.78, 5) is 14.0. The second-order valence-electron chi connectivity index (χ2n) is 4.22. The van der Waals surface area contributed by atoms with E-state index in [2.05, 4.69) is 0 Å². The molecule has 1 unspecified atom stereocenters. The normalized spacial score (nSPS) is 18.9. The van der Waals surface area contributed by atoms with E-state index in [4.69, 9.17) is 18.0 Å². The Morgan fingerprint density at radius 3 is 2.89 bits per heavy atom. The van der Waals surface area contributed by atoms with Crippen molar-refractivity contribution in [2.75, 3.05) is 6.54 Å². The molecule has 0 saturated carbocycles. The fourth-order valence-electron chi connectivity index (χ4n) is 2.15. The first-order valence-corrected chi connectivity index (χ1v) is 6.00. The molecule has 1 saturated heterocycles. The lowest BCUT2D eigenvalue weighted by Gasteiger charge is -2.24. The van der Waals surface area contributed by atoms with Gasteiger partial charge in [0, 0.05) is 12.6 Å². The number of phenolic OH excluding ortho intramolecular Hbond substituents is 1. The maximum absolute atomic E-state index is 12.9. The molecular formula is C12H13FN2O2S. The molecule has 0 radical (unpaired) electrons. The first-order chi connectivity index (χ1) is 8.50. The monoisotopic (exact) mass is 268 g/mol. The largest absolute Gasteiger partial charge is 0.507 e. The quantitative estimate of drug-likeness (QED) is 0.796. The predicted molar refractivity (Wildman–Crippen MR) is 68.9 cm³/mol. The molecule has 0 aromatic heterocycles. The number of benzene rings is 1. The number of hydrogen-bond donors (Lipinski definition) is 2. The average molecular weight is 268 g/mol. The van der Waals surface area contributed by atoms with Gasteiger partial charge in [0.1, 0.15) is 11.6 Å². The van der Waals surface area contributed by atoms with E-state index >= 15 is 0 Å². The van der Waals surface area contributed by atoms with Gasteiger partial charge >= 0.3 is 0 Å². The van der Waals surface area contributed by atoms with E-state index in [0.29, 0.717) is 6.54 Å². The van der Waals surface area contributed by atoms with Crippen LogP contribution >= 0.6 is 12.2 Å². The van der Waals surface area contributed by atoms with Gasteiger partial charge in [-0.1, -0.05) is 12.2 Å². The molecule has 1 aliphatic rings. The molecule has 96 valence electrons. The molecule has 1 fully saturated rings. The zero-order valence-electron chi connectivity index (χ0n) is 9.60. The molecule has 1 amide bonds. The summed E-state index contributed by atoms with van der Waals surface area (Å²) < 4.78 is 12.9. The Balaban J connectivity index is 2.28. The van der Waals surface area contributed by atoms with Crippen LogP contribution in [-0.2, 0) is 0 Å². The number of halogens is 1. The van der Waals surface area contributed by atoms with Gasteiger partial charge in [-0.05, 0) is 25.0 Å². The summed E-state index contributed by atoms with van der Waals surface area (Å²) in [5, 5.41) is 9.60. The van der Waals surface area contributed by atoms with Gasteiger partial charge in [0.05, 0.1) is 16.6 Å². The fourth-order valence-corrected chi connectivity index (χ4v) is 2.39. The Hall–Kier alpha value is -1.69. The summed E-state index contributed by atoms with van der Waals surface area (Å²) in [6, 6.07) is 3.04. The van der Waals surface area contributed by atoms with Crippen molar-refractivity contribution in [3.63, 3.8) is 0 Å². The van der Waals surface area contributed by atoms with Crippen LogP contribution in [0.1, 0.15) is 23.2 Å². The number of carbonyl (C=O) groups is 1. The Morgan fingerprint density at radius 1 is 1.56 bits per heavy atom. The summed E-state index contributed by atoms with van der Waals surface area (Å²) >= 11 is 4.92. The number of aromatic hydroxyl groups is 1. The molecule has 0 bridgehead atoms. The molecule has 1 aliphatic heterocycles.